The van der Waals surface area contributed by atoms with Crippen molar-refractivity contribution in [3.8, 4) is 0 Å². The SMILES string of the molecule is CC1(O)CCCN(C(=O)NC23CC4CC(CC(C4)C2)C3)C1. The monoisotopic (exact) mass is 292 g/mol. The molecule has 5 aliphatic rings. The summed E-state index contributed by atoms with van der Waals surface area (Å²) in [7, 11) is 0. The molecule has 1 atom stereocenters. The molecule has 1 unspecified atom stereocenters. The molecule has 21 heavy (non-hydrogen) atoms. The highest BCUT2D eigenvalue weighted by Crippen LogP contribution is 2.55. The Kier molecular flexibility index (Phi) is 3.04. The van der Waals surface area contributed by atoms with Gasteiger partial charge in [0.25, 0.3) is 0 Å². The van der Waals surface area contributed by atoms with Gasteiger partial charge in [0.15, 0.2) is 0 Å². The molecule has 0 aromatic heterocycles. The number of carbonyl (C=O) groups is 1. The lowest BCUT2D eigenvalue weighted by Crippen LogP contribution is -2.63. The first-order valence-corrected chi connectivity index (χ1v) is 8.73. The van der Waals surface area contributed by atoms with Crippen LogP contribution in [0.15, 0.2) is 0 Å². The van der Waals surface area contributed by atoms with Gasteiger partial charge in [0.1, 0.15) is 0 Å². The third-order valence-corrected chi connectivity index (χ3v) is 6.37. The van der Waals surface area contributed by atoms with Gasteiger partial charge in [-0.15, -0.1) is 0 Å². The molecular formula is C17H28N2O2. The number of amides is 2. The van der Waals surface area contributed by atoms with Crippen LogP contribution in [0.2, 0.25) is 0 Å². The molecule has 5 fully saturated rings. The van der Waals surface area contributed by atoms with Gasteiger partial charge in [-0.1, -0.05) is 0 Å². The Morgan fingerprint density at radius 2 is 1.71 bits per heavy atom. The Bertz CT molecular complexity index is 411. The lowest BCUT2D eigenvalue weighted by atomic mass is 9.53. The highest BCUT2D eigenvalue weighted by atomic mass is 16.3. The van der Waals surface area contributed by atoms with E-state index in [9.17, 15) is 9.90 Å². The standard InChI is InChI=1S/C17H28N2O2/c1-16(21)3-2-4-19(11-16)15(20)18-17-8-12-5-13(9-17)7-14(6-12)10-17/h12-14,21H,2-11H2,1H3,(H,18,20). The van der Waals surface area contributed by atoms with E-state index in [1.54, 1.807) is 0 Å². The zero-order valence-electron chi connectivity index (χ0n) is 13.1. The van der Waals surface area contributed by atoms with E-state index in [1.807, 2.05) is 11.8 Å². The topological polar surface area (TPSA) is 52.6 Å². The van der Waals surface area contributed by atoms with Crippen LogP contribution in [0, 0.1) is 17.8 Å². The fourth-order valence-corrected chi connectivity index (χ4v) is 5.96. The normalized spacial score (nSPS) is 48.5. The summed E-state index contributed by atoms with van der Waals surface area (Å²) in [4.78, 5) is 14.5. The van der Waals surface area contributed by atoms with Crippen molar-refractivity contribution in [2.45, 2.75) is 69.4 Å². The van der Waals surface area contributed by atoms with E-state index in [0.29, 0.717) is 6.54 Å². The molecule has 2 N–H and O–H groups in total. The van der Waals surface area contributed by atoms with E-state index in [2.05, 4.69) is 5.32 Å². The van der Waals surface area contributed by atoms with Crippen molar-refractivity contribution in [2.75, 3.05) is 13.1 Å². The van der Waals surface area contributed by atoms with Crippen LogP contribution in [0.1, 0.15) is 58.3 Å². The quantitative estimate of drug-likeness (QED) is 0.780. The van der Waals surface area contributed by atoms with Crippen molar-refractivity contribution < 1.29 is 9.90 Å². The molecule has 1 heterocycles. The van der Waals surface area contributed by atoms with Gasteiger partial charge in [-0.05, 0) is 76.0 Å². The molecule has 4 aliphatic carbocycles. The van der Waals surface area contributed by atoms with E-state index in [1.165, 1.54) is 38.5 Å². The summed E-state index contributed by atoms with van der Waals surface area (Å²) in [5, 5.41) is 13.6. The summed E-state index contributed by atoms with van der Waals surface area (Å²) in [6.45, 7) is 3.11. The molecule has 4 saturated carbocycles. The number of aliphatic hydroxyl groups is 1. The Morgan fingerprint density at radius 1 is 1.14 bits per heavy atom. The van der Waals surface area contributed by atoms with E-state index >= 15 is 0 Å². The van der Waals surface area contributed by atoms with Crippen molar-refractivity contribution in [2.24, 2.45) is 17.8 Å². The molecule has 1 saturated heterocycles. The van der Waals surface area contributed by atoms with Crippen LogP contribution in [0.25, 0.3) is 0 Å². The van der Waals surface area contributed by atoms with Crippen molar-refractivity contribution >= 4 is 6.03 Å². The Hall–Kier alpha value is -0.770. The zero-order chi connectivity index (χ0) is 14.7. The average Bonchev–Trinajstić information content (AvgIpc) is 2.35. The minimum Gasteiger partial charge on any atom is -0.388 e. The van der Waals surface area contributed by atoms with E-state index in [4.69, 9.17) is 0 Å². The number of nitrogens with zero attached hydrogens (tertiary/aromatic N) is 1. The minimum absolute atomic E-state index is 0.0666. The van der Waals surface area contributed by atoms with Gasteiger partial charge in [-0.25, -0.2) is 4.79 Å². The van der Waals surface area contributed by atoms with Gasteiger partial charge in [0.05, 0.1) is 12.1 Å². The van der Waals surface area contributed by atoms with E-state index < -0.39 is 5.60 Å². The van der Waals surface area contributed by atoms with Crippen LogP contribution < -0.4 is 5.32 Å². The minimum atomic E-state index is -0.711. The number of urea groups is 1. The van der Waals surface area contributed by atoms with Crippen LogP contribution in [-0.2, 0) is 0 Å². The second kappa shape index (κ2) is 4.61. The smallest absolute Gasteiger partial charge is 0.317 e. The molecule has 2 amide bonds. The number of hydrogen-bond acceptors (Lipinski definition) is 2. The van der Waals surface area contributed by atoms with Crippen molar-refractivity contribution in [3.05, 3.63) is 0 Å². The van der Waals surface area contributed by atoms with Gasteiger partial charge in [-0.3, -0.25) is 0 Å². The third-order valence-electron chi connectivity index (χ3n) is 6.37. The molecule has 118 valence electrons. The predicted octanol–water partition coefficient (Wildman–Crippen LogP) is 2.51. The largest absolute Gasteiger partial charge is 0.388 e. The maximum Gasteiger partial charge on any atom is 0.317 e. The zero-order valence-corrected chi connectivity index (χ0v) is 13.1. The Balaban J connectivity index is 1.45. The van der Waals surface area contributed by atoms with Crippen molar-refractivity contribution in [1.29, 1.82) is 0 Å². The summed E-state index contributed by atoms with van der Waals surface area (Å²) in [6, 6.07) is 0.0666. The van der Waals surface area contributed by atoms with E-state index in [-0.39, 0.29) is 11.6 Å². The molecule has 4 nitrogen and oxygen atoms in total. The maximum absolute atomic E-state index is 12.7. The first-order valence-electron chi connectivity index (χ1n) is 8.73. The van der Waals surface area contributed by atoms with Gasteiger partial charge < -0.3 is 15.3 Å². The number of hydrogen-bond donors (Lipinski definition) is 2. The van der Waals surface area contributed by atoms with Crippen LogP contribution >= 0.6 is 0 Å². The average molecular weight is 292 g/mol. The highest BCUT2D eigenvalue weighted by Gasteiger charge is 2.52. The molecule has 0 aromatic carbocycles. The van der Waals surface area contributed by atoms with Crippen molar-refractivity contribution in [3.63, 3.8) is 0 Å². The highest BCUT2D eigenvalue weighted by molar-refractivity contribution is 5.75. The molecule has 0 radical (unpaired) electrons. The molecule has 4 bridgehead atoms. The number of nitrogens with one attached hydrogen (secondary N) is 1. The molecule has 1 aliphatic heterocycles. The second-order valence-electron chi connectivity index (χ2n) is 8.65. The maximum atomic E-state index is 12.7. The lowest BCUT2D eigenvalue weighted by molar-refractivity contribution is -0.0252. The van der Waals surface area contributed by atoms with Gasteiger partial charge in [0.2, 0.25) is 0 Å². The second-order valence-corrected chi connectivity index (χ2v) is 8.65. The third kappa shape index (κ3) is 2.56. The first-order chi connectivity index (χ1) is 9.93. The number of piperidine rings is 1. The molecular weight excluding hydrogens is 264 g/mol. The van der Waals surface area contributed by atoms with Crippen LogP contribution in [0.3, 0.4) is 0 Å². The molecule has 0 aromatic rings. The summed E-state index contributed by atoms with van der Waals surface area (Å²) in [5.41, 5.74) is -0.633. The number of carbonyl (C=O) groups excluding carboxylic acids is 1. The first kappa shape index (κ1) is 13.9. The van der Waals surface area contributed by atoms with Gasteiger partial charge >= 0.3 is 6.03 Å². The number of likely N-dealkylation sites (tertiary alicyclic amines) is 1. The molecule has 5 rings (SSSR count). The Labute approximate surface area is 127 Å². The summed E-state index contributed by atoms with van der Waals surface area (Å²) < 4.78 is 0. The number of rotatable bonds is 1. The van der Waals surface area contributed by atoms with Crippen LogP contribution in [0.4, 0.5) is 4.79 Å². The van der Waals surface area contributed by atoms with Crippen molar-refractivity contribution in [1.82, 2.24) is 10.2 Å². The van der Waals surface area contributed by atoms with Gasteiger partial charge in [-0.2, -0.15) is 0 Å². The fourth-order valence-electron chi connectivity index (χ4n) is 5.96. The summed E-state index contributed by atoms with van der Waals surface area (Å²) >= 11 is 0. The van der Waals surface area contributed by atoms with Crippen LogP contribution in [0.5, 0.6) is 0 Å². The summed E-state index contributed by atoms with van der Waals surface area (Å²) in [6.07, 6.45) is 9.46. The Morgan fingerprint density at radius 3 is 2.24 bits per heavy atom. The lowest BCUT2D eigenvalue weighted by Gasteiger charge is -2.57. The fraction of sp³-hybridized carbons (Fsp3) is 0.941. The van der Waals surface area contributed by atoms with Gasteiger partial charge in [0, 0.05) is 12.1 Å². The van der Waals surface area contributed by atoms with E-state index in [0.717, 1.165) is 37.1 Å². The molecule has 4 heteroatoms. The summed E-state index contributed by atoms with van der Waals surface area (Å²) in [5.74, 6) is 2.54. The molecule has 0 spiro atoms. The number of β-amino-alcohol motifs (C(OH)–C–C–N with tert-alkyl or cyclic N) is 1. The van der Waals surface area contributed by atoms with Crippen LogP contribution in [-0.4, -0.2) is 40.3 Å². The predicted molar refractivity (Wildman–Crippen MR) is 80.9 cm³/mol.